The van der Waals surface area contributed by atoms with E-state index in [4.69, 9.17) is 9.84 Å². The number of aliphatic carboxylic acids is 1. The molecular formula is C17H20N2O5S. The van der Waals surface area contributed by atoms with E-state index in [0.717, 1.165) is 25.9 Å². The first-order valence-electron chi connectivity index (χ1n) is 8.18. The SMILES string of the molecule is O=C(O)COc1cccc(C(=O)N2CSCC2C(=O)N2CCCC2)c1. The molecule has 0 aliphatic carbocycles. The Bertz CT molecular complexity index is 675. The van der Waals surface area contributed by atoms with Gasteiger partial charge < -0.3 is 19.6 Å². The highest BCUT2D eigenvalue weighted by Crippen LogP contribution is 2.26. The van der Waals surface area contributed by atoms with Crippen LogP contribution in [-0.2, 0) is 9.59 Å². The quantitative estimate of drug-likeness (QED) is 0.847. The number of benzene rings is 1. The van der Waals surface area contributed by atoms with Gasteiger partial charge in [0.05, 0.1) is 5.88 Å². The molecule has 0 aromatic heterocycles. The lowest BCUT2D eigenvalue weighted by Crippen LogP contribution is -2.48. The van der Waals surface area contributed by atoms with Crippen molar-refractivity contribution in [3.63, 3.8) is 0 Å². The van der Waals surface area contributed by atoms with Crippen LogP contribution in [0.15, 0.2) is 24.3 Å². The molecule has 0 saturated carbocycles. The molecule has 2 amide bonds. The average Bonchev–Trinajstić information content (AvgIpc) is 3.30. The highest BCUT2D eigenvalue weighted by molar-refractivity contribution is 7.99. The molecule has 2 heterocycles. The average molecular weight is 364 g/mol. The molecule has 134 valence electrons. The molecule has 1 atom stereocenters. The number of rotatable bonds is 5. The van der Waals surface area contributed by atoms with Crippen molar-refractivity contribution >= 4 is 29.5 Å². The first kappa shape index (κ1) is 17.6. The highest BCUT2D eigenvalue weighted by atomic mass is 32.2. The summed E-state index contributed by atoms with van der Waals surface area (Å²) in [6.45, 7) is 1.06. The van der Waals surface area contributed by atoms with Gasteiger partial charge in [0.15, 0.2) is 6.61 Å². The van der Waals surface area contributed by atoms with Gasteiger partial charge in [-0.15, -0.1) is 11.8 Å². The Kier molecular flexibility index (Phi) is 5.47. The van der Waals surface area contributed by atoms with Crippen molar-refractivity contribution in [2.45, 2.75) is 18.9 Å². The number of thioether (sulfide) groups is 1. The smallest absolute Gasteiger partial charge is 0.341 e. The Labute approximate surface area is 149 Å². The van der Waals surface area contributed by atoms with Crippen molar-refractivity contribution in [3.8, 4) is 5.75 Å². The molecule has 8 heteroatoms. The second-order valence-corrected chi connectivity index (χ2v) is 7.03. The minimum Gasteiger partial charge on any atom is -0.482 e. The van der Waals surface area contributed by atoms with Crippen LogP contribution in [0.5, 0.6) is 5.75 Å². The van der Waals surface area contributed by atoms with E-state index >= 15 is 0 Å². The molecule has 7 nitrogen and oxygen atoms in total. The second kappa shape index (κ2) is 7.77. The number of hydrogen-bond acceptors (Lipinski definition) is 5. The van der Waals surface area contributed by atoms with Crippen molar-refractivity contribution in [1.29, 1.82) is 0 Å². The van der Waals surface area contributed by atoms with Crippen LogP contribution >= 0.6 is 11.8 Å². The molecule has 2 fully saturated rings. The third-order valence-electron chi connectivity index (χ3n) is 4.29. The molecule has 1 aromatic rings. The van der Waals surface area contributed by atoms with Crippen LogP contribution in [0.1, 0.15) is 23.2 Å². The number of amides is 2. The largest absolute Gasteiger partial charge is 0.482 e. The fourth-order valence-electron chi connectivity index (χ4n) is 3.03. The molecule has 0 radical (unpaired) electrons. The van der Waals surface area contributed by atoms with E-state index in [1.165, 1.54) is 6.07 Å². The molecule has 2 aliphatic rings. The van der Waals surface area contributed by atoms with Crippen LogP contribution in [0.4, 0.5) is 0 Å². The summed E-state index contributed by atoms with van der Waals surface area (Å²) in [5, 5.41) is 8.68. The van der Waals surface area contributed by atoms with Crippen molar-refractivity contribution < 1.29 is 24.2 Å². The summed E-state index contributed by atoms with van der Waals surface area (Å²) in [6.07, 6.45) is 2.03. The minimum atomic E-state index is -1.08. The third-order valence-corrected chi connectivity index (χ3v) is 5.30. The fourth-order valence-corrected chi connectivity index (χ4v) is 4.17. The first-order valence-corrected chi connectivity index (χ1v) is 9.34. The van der Waals surface area contributed by atoms with Crippen LogP contribution in [0.25, 0.3) is 0 Å². The topological polar surface area (TPSA) is 87.1 Å². The lowest BCUT2D eigenvalue weighted by Gasteiger charge is -2.27. The Balaban J connectivity index is 1.71. The second-order valence-electron chi connectivity index (χ2n) is 6.03. The first-order chi connectivity index (χ1) is 12.1. The van der Waals surface area contributed by atoms with Crippen molar-refractivity contribution in [2.24, 2.45) is 0 Å². The van der Waals surface area contributed by atoms with Crippen molar-refractivity contribution in [1.82, 2.24) is 9.80 Å². The molecular weight excluding hydrogens is 344 g/mol. The zero-order valence-electron chi connectivity index (χ0n) is 13.7. The van der Waals surface area contributed by atoms with Gasteiger partial charge in [-0.2, -0.15) is 0 Å². The molecule has 2 saturated heterocycles. The van der Waals surface area contributed by atoms with Gasteiger partial charge in [0, 0.05) is 24.4 Å². The van der Waals surface area contributed by atoms with Gasteiger partial charge >= 0.3 is 5.97 Å². The standard InChI is InChI=1S/C17H20N2O5S/c20-15(21)9-24-13-5-3-4-12(8-13)16(22)19-11-25-10-14(19)17(23)18-6-1-2-7-18/h3-5,8,14H,1-2,6-7,9-11H2,(H,20,21). The summed E-state index contributed by atoms with van der Waals surface area (Å²) in [4.78, 5) is 39.5. The number of likely N-dealkylation sites (tertiary alicyclic amines) is 1. The molecule has 2 aliphatic heterocycles. The van der Waals surface area contributed by atoms with E-state index in [9.17, 15) is 14.4 Å². The van der Waals surface area contributed by atoms with Gasteiger partial charge in [-0.25, -0.2) is 4.79 Å². The van der Waals surface area contributed by atoms with Crippen molar-refractivity contribution in [2.75, 3.05) is 31.3 Å². The van der Waals surface area contributed by atoms with Crippen LogP contribution in [0, 0.1) is 0 Å². The Morgan fingerprint density at radius 1 is 1.24 bits per heavy atom. The molecule has 0 spiro atoms. The number of ether oxygens (including phenoxy) is 1. The maximum Gasteiger partial charge on any atom is 0.341 e. The zero-order chi connectivity index (χ0) is 17.8. The predicted molar refractivity (Wildman–Crippen MR) is 92.7 cm³/mol. The van der Waals surface area contributed by atoms with E-state index in [2.05, 4.69) is 0 Å². The van der Waals surface area contributed by atoms with Crippen molar-refractivity contribution in [3.05, 3.63) is 29.8 Å². The molecule has 1 unspecified atom stereocenters. The summed E-state index contributed by atoms with van der Waals surface area (Å²) in [6, 6.07) is 5.98. The monoisotopic (exact) mass is 364 g/mol. The third kappa shape index (κ3) is 4.07. The molecule has 1 N–H and O–H groups in total. The molecule has 3 rings (SSSR count). The lowest BCUT2D eigenvalue weighted by molar-refractivity contribution is -0.139. The van der Waals surface area contributed by atoms with Gasteiger partial charge in [0.25, 0.3) is 5.91 Å². The number of carbonyl (C=O) groups is 3. The molecule has 0 bridgehead atoms. The summed E-state index contributed by atoms with van der Waals surface area (Å²) < 4.78 is 5.13. The van der Waals surface area contributed by atoms with E-state index < -0.39 is 18.6 Å². The zero-order valence-corrected chi connectivity index (χ0v) is 14.5. The Morgan fingerprint density at radius 3 is 2.72 bits per heavy atom. The highest BCUT2D eigenvalue weighted by Gasteiger charge is 2.38. The van der Waals surface area contributed by atoms with Crippen LogP contribution in [0.3, 0.4) is 0 Å². The van der Waals surface area contributed by atoms with Gasteiger partial charge in [-0.05, 0) is 31.0 Å². The lowest BCUT2D eigenvalue weighted by atomic mass is 10.1. The number of carboxylic acid groups (broad SMARTS) is 1. The van der Waals surface area contributed by atoms with E-state index in [1.807, 2.05) is 4.90 Å². The van der Waals surface area contributed by atoms with Gasteiger partial charge in [-0.1, -0.05) is 6.07 Å². The minimum absolute atomic E-state index is 0.0223. The summed E-state index contributed by atoms with van der Waals surface area (Å²) in [7, 11) is 0. The maximum absolute atomic E-state index is 12.8. The number of carboxylic acids is 1. The van der Waals surface area contributed by atoms with Gasteiger partial charge in [0.1, 0.15) is 11.8 Å². The number of carbonyl (C=O) groups excluding carboxylic acids is 2. The number of hydrogen-bond donors (Lipinski definition) is 1. The van der Waals surface area contributed by atoms with E-state index in [1.54, 1.807) is 34.9 Å². The summed E-state index contributed by atoms with van der Waals surface area (Å²) in [5.74, 6) is 0.114. The maximum atomic E-state index is 12.8. The number of nitrogens with zero attached hydrogens (tertiary/aromatic N) is 2. The van der Waals surface area contributed by atoms with Crippen LogP contribution in [-0.4, -0.2) is 70.1 Å². The summed E-state index contributed by atoms with van der Waals surface area (Å²) >= 11 is 1.57. The van der Waals surface area contributed by atoms with Gasteiger partial charge in [-0.3, -0.25) is 9.59 Å². The predicted octanol–water partition coefficient (Wildman–Crippen LogP) is 1.29. The van der Waals surface area contributed by atoms with Gasteiger partial charge in [0.2, 0.25) is 5.91 Å². The Morgan fingerprint density at radius 2 is 2.00 bits per heavy atom. The van der Waals surface area contributed by atoms with Crippen LogP contribution in [0.2, 0.25) is 0 Å². The molecule has 25 heavy (non-hydrogen) atoms. The molecule has 1 aromatic carbocycles. The Hall–Kier alpha value is -2.22. The van der Waals surface area contributed by atoms with E-state index in [0.29, 0.717) is 22.9 Å². The normalized spacial score (nSPS) is 19.9. The fraction of sp³-hybridized carbons (Fsp3) is 0.471. The van der Waals surface area contributed by atoms with Crippen LogP contribution < -0.4 is 4.74 Å². The van der Waals surface area contributed by atoms with E-state index in [-0.39, 0.29) is 11.8 Å². The summed E-state index contributed by atoms with van der Waals surface area (Å²) in [5.41, 5.74) is 0.393.